The van der Waals surface area contributed by atoms with E-state index in [9.17, 15) is 18.7 Å². The molecular weight excluding hydrogens is 322 g/mol. The van der Waals surface area contributed by atoms with Crippen molar-refractivity contribution in [3.63, 3.8) is 0 Å². The Morgan fingerprint density at radius 2 is 1.55 bits per heavy atom. The van der Waals surface area contributed by atoms with Crippen LogP contribution in [-0.4, -0.2) is 71.9 Å². The largest absolute Gasteiger partial charge is 0.480 e. The normalized spacial score (nSPS) is 14.2. The maximum atomic E-state index is 10.9. The van der Waals surface area contributed by atoms with E-state index < -0.39 is 52.4 Å². The lowest BCUT2D eigenvalue weighted by Crippen LogP contribution is -2.53. The molecule has 0 aromatic heterocycles. The molecule has 0 saturated carbocycles. The van der Waals surface area contributed by atoms with Crippen LogP contribution in [0.2, 0.25) is 0 Å². The van der Waals surface area contributed by atoms with Crippen molar-refractivity contribution < 1.29 is 48.5 Å². The van der Waals surface area contributed by atoms with Crippen LogP contribution < -0.4 is 5.32 Å². The maximum absolute atomic E-state index is 10.9. The number of nitrogens with one attached hydrogen (secondary N) is 1. The molecule has 0 spiro atoms. The first kappa shape index (κ1) is 19.2. The molecule has 0 bridgehead atoms. The zero-order valence-electron chi connectivity index (χ0n) is 9.86. The number of carboxylic acids is 2. The summed E-state index contributed by atoms with van der Waals surface area (Å²) in [4.78, 5) is 56.6. The average Bonchev–Trinajstić information content (AvgIpc) is 2.10. The van der Waals surface area contributed by atoms with Crippen LogP contribution in [0.15, 0.2) is 0 Å². The molecule has 7 N–H and O–H groups in total. The van der Waals surface area contributed by atoms with Gasteiger partial charge in [-0.2, -0.15) is 0 Å². The van der Waals surface area contributed by atoms with Gasteiger partial charge in [0.2, 0.25) is 0 Å². The molecule has 1 unspecified atom stereocenters. The van der Waals surface area contributed by atoms with Gasteiger partial charge < -0.3 is 29.8 Å². The minimum absolute atomic E-state index is 0.348. The van der Waals surface area contributed by atoms with E-state index in [1.807, 2.05) is 5.32 Å². The zero-order valence-corrected chi connectivity index (χ0v) is 11.6. The Kier molecular flexibility index (Phi) is 6.94. The second kappa shape index (κ2) is 7.25. The Hall–Kier alpha value is -0.840. The number of hydrogen-bond donors (Lipinski definition) is 7. The van der Waals surface area contributed by atoms with E-state index >= 15 is 0 Å². The van der Waals surface area contributed by atoms with Crippen LogP contribution in [0.25, 0.3) is 0 Å². The zero-order chi connectivity index (χ0) is 16.1. The van der Waals surface area contributed by atoms with Gasteiger partial charge in [0.25, 0.3) is 0 Å². The molecule has 0 saturated heterocycles. The van der Waals surface area contributed by atoms with Crippen molar-refractivity contribution in [2.24, 2.45) is 0 Å². The third-order valence-corrected chi connectivity index (χ3v) is 3.12. The van der Waals surface area contributed by atoms with Crippen molar-refractivity contribution in [3.05, 3.63) is 0 Å². The maximum Gasteiger partial charge on any atom is 0.339 e. The SMILES string of the molecule is O=C(O)CN(CP(=O)(O)O)C(NCP(=O)(O)O)C(=O)O. The fraction of sp³-hybridized carbons (Fsp3) is 0.667. The van der Waals surface area contributed by atoms with E-state index in [1.165, 1.54) is 0 Å². The van der Waals surface area contributed by atoms with E-state index in [-0.39, 0.29) is 0 Å². The van der Waals surface area contributed by atoms with Crippen molar-refractivity contribution in [2.75, 3.05) is 19.1 Å². The van der Waals surface area contributed by atoms with Crippen LogP contribution in [0.4, 0.5) is 0 Å². The lowest BCUT2D eigenvalue weighted by atomic mass is 10.4. The predicted molar refractivity (Wildman–Crippen MR) is 62.7 cm³/mol. The number of aliphatic carboxylic acids is 2. The molecule has 0 amide bonds. The summed E-state index contributed by atoms with van der Waals surface area (Å²) in [5.74, 6) is -3.31. The van der Waals surface area contributed by atoms with Crippen LogP contribution in [0, 0.1) is 0 Å². The molecule has 0 rings (SSSR count). The first-order chi connectivity index (χ1) is 8.82. The van der Waals surface area contributed by atoms with E-state index in [1.54, 1.807) is 0 Å². The number of nitrogens with zero attached hydrogens (tertiary/aromatic N) is 1. The quantitative estimate of drug-likeness (QED) is 0.174. The first-order valence-corrected chi connectivity index (χ1v) is 8.42. The monoisotopic (exact) mass is 336 g/mol. The van der Waals surface area contributed by atoms with Crippen LogP contribution >= 0.6 is 15.2 Å². The van der Waals surface area contributed by atoms with Crippen LogP contribution in [0.3, 0.4) is 0 Å². The molecule has 12 nitrogen and oxygen atoms in total. The van der Waals surface area contributed by atoms with E-state index in [0.29, 0.717) is 4.90 Å². The minimum Gasteiger partial charge on any atom is -0.480 e. The smallest absolute Gasteiger partial charge is 0.339 e. The van der Waals surface area contributed by atoms with Crippen LogP contribution in [0.1, 0.15) is 0 Å². The predicted octanol–water partition coefficient (Wildman–Crippen LogP) is -2.36. The molecule has 0 heterocycles. The number of carbonyl (C=O) groups is 2. The van der Waals surface area contributed by atoms with Crippen molar-refractivity contribution in [1.29, 1.82) is 0 Å². The molecule has 1 atom stereocenters. The van der Waals surface area contributed by atoms with E-state index in [2.05, 4.69) is 0 Å². The molecular formula is C6H14N2O10P2. The Morgan fingerprint density at radius 1 is 1.05 bits per heavy atom. The molecule has 0 aromatic carbocycles. The number of hydrogen-bond acceptors (Lipinski definition) is 6. The van der Waals surface area contributed by atoms with Crippen molar-refractivity contribution in [1.82, 2.24) is 10.2 Å². The summed E-state index contributed by atoms with van der Waals surface area (Å²) in [7, 11) is -9.40. The fourth-order valence-corrected chi connectivity index (χ4v) is 2.36. The number of carboxylic acid groups (broad SMARTS) is 2. The molecule has 0 fully saturated rings. The first-order valence-electron chi connectivity index (χ1n) is 4.83. The van der Waals surface area contributed by atoms with Gasteiger partial charge in [-0.15, -0.1) is 0 Å². The van der Waals surface area contributed by atoms with Gasteiger partial charge in [-0.3, -0.25) is 24.1 Å². The molecule has 20 heavy (non-hydrogen) atoms. The van der Waals surface area contributed by atoms with Crippen molar-refractivity contribution in [2.45, 2.75) is 6.17 Å². The van der Waals surface area contributed by atoms with Crippen molar-refractivity contribution >= 4 is 27.1 Å². The Labute approximate surface area is 112 Å². The van der Waals surface area contributed by atoms with Crippen molar-refractivity contribution in [3.8, 4) is 0 Å². The van der Waals surface area contributed by atoms with Gasteiger partial charge in [-0.25, -0.2) is 4.79 Å². The lowest BCUT2D eigenvalue weighted by molar-refractivity contribution is -0.146. The summed E-state index contributed by atoms with van der Waals surface area (Å²) in [6.07, 6.45) is -4.28. The Bertz CT molecular complexity index is 455. The summed E-state index contributed by atoms with van der Waals surface area (Å²) < 4.78 is 21.5. The fourth-order valence-electron chi connectivity index (χ4n) is 1.21. The van der Waals surface area contributed by atoms with Gasteiger partial charge >= 0.3 is 27.1 Å². The Balaban J connectivity index is 5.11. The van der Waals surface area contributed by atoms with E-state index in [0.717, 1.165) is 0 Å². The van der Waals surface area contributed by atoms with Gasteiger partial charge in [0.15, 0.2) is 6.17 Å². The molecule has 14 heteroatoms. The van der Waals surface area contributed by atoms with E-state index in [4.69, 9.17) is 29.8 Å². The third kappa shape index (κ3) is 9.13. The Morgan fingerprint density at radius 3 is 1.85 bits per heavy atom. The van der Waals surface area contributed by atoms with Gasteiger partial charge in [0, 0.05) is 0 Å². The van der Waals surface area contributed by atoms with Crippen LogP contribution in [0.5, 0.6) is 0 Å². The summed E-state index contributed by atoms with van der Waals surface area (Å²) in [6.45, 7) is -1.05. The van der Waals surface area contributed by atoms with Gasteiger partial charge in [-0.1, -0.05) is 0 Å². The highest BCUT2D eigenvalue weighted by atomic mass is 31.2. The van der Waals surface area contributed by atoms with Gasteiger partial charge in [-0.05, 0) is 0 Å². The minimum atomic E-state index is -4.77. The lowest BCUT2D eigenvalue weighted by Gasteiger charge is -2.28. The second-order valence-corrected chi connectivity index (χ2v) is 6.97. The summed E-state index contributed by atoms with van der Waals surface area (Å²) in [5.41, 5.74) is 0. The topological polar surface area (TPSA) is 205 Å². The van der Waals surface area contributed by atoms with Gasteiger partial charge in [0.05, 0.1) is 6.54 Å². The third-order valence-electron chi connectivity index (χ3n) is 1.79. The second-order valence-electron chi connectivity index (χ2n) is 3.71. The average molecular weight is 336 g/mol. The highest BCUT2D eigenvalue weighted by Gasteiger charge is 2.33. The molecule has 0 aromatic rings. The molecule has 118 valence electrons. The molecule has 0 radical (unpaired) electrons. The van der Waals surface area contributed by atoms with Crippen LogP contribution in [-0.2, 0) is 18.7 Å². The summed E-state index contributed by atoms with van der Waals surface area (Å²) in [6, 6.07) is 0. The highest BCUT2D eigenvalue weighted by Crippen LogP contribution is 2.36. The molecule has 0 aliphatic heterocycles. The summed E-state index contributed by atoms with van der Waals surface area (Å²) >= 11 is 0. The van der Waals surface area contributed by atoms with Gasteiger partial charge in [0.1, 0.15) is 12.6 Å². The molecule has 0 aliphatic rings. The highest BCUT2D eigenvalue weighted by molar-refractivity contribution is 7.51. The standard InChI is InChI=1S/C6H14N2O10P2/c9-4(10)1-8(3-20(16,17)18)5(6(11)12)7-2-19(13,14)15/h5,7H,1-3H2,(H,9,10)(H,11,12)(H2,13,14,15)(H2,16,17,18). The summed E-state index contributed by atoms with van der Waals surface area (Å²) in [5, 5.41) is 19.3. The number of rotatable bonds is 9. The molecule has 0 aliphatic carbocycles.